The molecule has 1 amide bonds. The molecule has 0 atom stereocenters. The average Bonchev–Trinajstić information content (AvgIpc) is 3.53. The summed E-state index contributed by atoms with van der Waals surface area (Å²) in [6.45, 7) is 3.51. The summed E-state index contributed by atoms with van der Waals surface area (Å²) in [4.78, 5) is 17.3. The molecule has 0 saturated carbocycles. The number of rotatable bonds is 8. The standard InChI is InChI=1S/C27H25N5O2/c1-20-6-4-14-31-18-24(30-26(20)31)19-34-25-11-9-21(10-12-25)27(33)28-16-22-7-2-3-8-23(22)17-32-15-5-13-29-32/h2-15,18H,16-17,19H2,1H3,(H,28,33). The molecule has 0 aliphatic rings. The molecule has 7 nitrogen and oxygen atoms in total. The van der Waals surface area contributed by atoms with Crippen molar-refractivity contribution < 1.29 is 9.53 Å². The predicted molar refractivity (Wildman–Crippen MR) is 130 cm³/mol. The molecule has 0 aliphatic carbocycles. The molecule has 5 rings (SSSR count). The normalized spacial score (nSPS) is 11.0. The molecule has 0 unspecified atom stereocenters. The summed E-state index contributed by atoms with van der Waals surface area (Å²) >= 11 is 0. The second kappa shape index (κ2) is 9.62. The maximum absolute atomic E-state index is 12.7. The Balaban J connectivity index is 1.18. The van der Waals surface area contributed by atoms with Gasteiger partial charge in [0.25, 0.3) is 5.91 Å². The van der Waals surface area contributed by atoms with Crippen LogP contribution in [0.4, 0.5) is 0 Å². The molecule has 0 spiro atoms. The molecular formula is C27H25N5O2. The van der Waals surface area contributed by atoms with Gasteiger partial charge in [-0.1, -0.05) is 30.3 Å². The summed E-state index contributed by atoms with van der Waals surface area (Å²) < 4.78 is 9.74. The topological polar surface area (TPSA) is 73.5 Å². The lowest BCUT2D eigenvalue weighted by Crippen LogP contribution is -2.23. The van der Waals surface area contributed by atoms with Crippen molar-refractivity contribution in [2.75, 3.05) is 0 Å². The van der Waals surface area contributed by atoms with Gasteiger partial charge < -0.3 is 14.5 Å². The lowest BCUT2D eigenvalue weighted by molar-refractivity contribution is 0.0951. The van der Waals surface area contributed by atoms with E-state index in [1.54, 1.807) is 18.3 Å². The minimum atomic E-state index is -0.128. The minimum Gasteiger partial charge on any atom is -0.487 e. The van der Waals surface area contributed by atoms with E-state index in [0.29, 0.717) is 31.0 Å². The fourth-order valence-electron chi connectivity index (χ4n) is 3.86. The van der Waals surface area contributed by atoms with Crippen LogP contribution in [0.5, 0.6) is 5.75 Å². The summed E-state index contributed by atoms with van der Waals surface area (Å²) in [6, 6.07) is 21.1. The van der Waals surface area contributed by atoms with Gasteiger partial charge in [0.05, 0.1) is 12.2 Å². The Hall–Kier alpha value is -4.39. The highest BCUT2D eigenvalue weighted by Crippen LogP contribution is 2.16. The van der Waals surface area contributed by atoms with E-state index >= 15 is 0 Å². The third-order valence-electron chi connectivity index (χ3n) is 5.68. The van der Waals surface area contributed by atoms with Crippen molar-refractivity contribution in [3.05, 3.63) is 119 Å². The zero-order valence-electron chi connectivity index (χ0n) is 18.9. The number of aryl methyl sites for hydroxylation is 1. The van der Waals surface area contributed by atoms with E-state index in [1.165, 1.54) is 0 Å². The van der Waals surface area contributed by atoms with Gasteiger partial charge in [0.15, 0.2) is 0 Å². The van der Waals surface area contributed by atoms with Gasteiger partial charge in [0.1, 0.15) is 18.0 Å². The number of carbonyl (C=O) groups excluding carboxylic acids is 1. The van der Waals surface area contributed by atoms with Gasteiger partial charge in [0.2, 0.25) is 0 Å². The summed E-state index contributed by atoms with van der Waals surface area (Å²) in [5.41, 5.74) is 5.67. The molecule has 1 N–H and O–H groups in total. The first-order valence-corrected chi connectivity index (χ1v) is 11.1. The third-order valence-corrected chi connectivity index (χ3v) is 5.68. The Bertz CT molecular complexity index is 1410. The molecule has 3 aromatic heterocycles. The number of hydrogen-bond donors (Lipinski definition) is 1. The van der Waals surface area contributed by atoms with Crippen molar-refractivity contribution >= 4 is 11.6 Å². The SMILES string of the molecule is Cc1cccn2cc(COc3ccc(C(=O)NCc4ccccc4Cn4cccn4)cc3)nc12. The number of fused-ring (bicyclic) bond motifs is 1. The van der Waals surface area contributed by atoms with Crippen molar-refractivity contribution in [3.63, 3.8) is 0 Å². The number of pyridine rings is 1. The summed E-state index contributed by atoms with van der Waals surface area (Å²) in [7, 11) is 0. The second-order valence-electron chi connectivity index (χ2n) is 8.12. The van der Waals surface area contributed by atoms with Crippen LogP contribution in [-0.2, 0) is 19.7 Å². The van der Waals surface area contributed by atoms with Gasteiger partial charge in [-0.15, -0.1) is 0 Å². The molecule has 3 heterocycles. The number of aromatic nitrogens is 4. The van der Waals surface area contributed by atoms with Gasteiger partial charge in [-0.3, -0.25) is 9.48 Å². The van der Waals surface area contributed by atoms with Crippen molar-refractivity contribution in [3.8, 4) is 5.75 Å². The van der Waals surface area contributed by atoms with Gasteiger partial charge in [-0.05, 0) is 60.0 Å². The second-order valence-corrected chi connectivity index (χ2v) is 8.12. The van der Waals surface area contributed by atoms with Gasteiger partial charge in [-0.25, -0.2) is 4.98 Å². The van der Waals surface area contributed by atoms with Gasteiger partial charge >= 0.3 is 0 Å². The lowest BCUT2D eigenvalue weighted by atomic mass is 10.1. The smallest absolute Gasteiger partial charge is 0.251 e. The molecule has 0 radical (unpaired) electrons. The molecule has 0 saturated heterocycles. The van der Waals surface area contributed by atoms with Crippen LogP contribution in [0.15, 0.2) is 91.5 Å². The first-order chi connectivity index (χ1) is 16.7. The molecule has 7 heteroatoms. The van der Waals surface area contributed by atoms with Gasteiger partial charge in [0, 0.05) is 36.9 Å². The highest BCUT2D eigenvalue weighted by molar-refractivity contribution is 5.94. The molecule has 0 fully saturated rings. The maximum Gasteiger partial charge on any atom is 0.251 e. The fraction of sp³-hybridized carbons (Fsp3) is 0.148. The highest BCUT2D eigenvalue weighted by Gasteiger charge is 2.09. The molecular weight excluding hydrogens is 426 g/mol. The minimum absolute atomic E-state index is 0.128. The van der Waals surface area contributed by atoms with E-state index in [9.17, 15) is 4.79 Å². The van der Waals surface area contributed by atoms with E-state index in [-0.39, 0.29) is 5.91 Å². The van der Waals surface area contributed by atoms with Crippen LogP contribution in [0, 0.1) is 6.92 Å². The summed E-state index contributed by atoms with van der Waals surface area (Å²) in [5.74, 6) is 0.561. The Morgan fingerprint density at radius 1 is 0.971 bits per heavy atom. The van der Waals surface area contributed by atoms with E-state index in [0.717, 1.165) is 28.0 Å². The number of ether oxygens (including phenoxy) is 1. The Morgan fingerprint density at radius 2 is 1.79 bits per heavy atom. The van der Waals surface area contributed by atoms with Crippen LogP contribution in [0.3, 0.4) is 0 Å². The third kappa shape index (κ3) is 4.83. The van der Waals surface area contributed by atoms with E-state index in [4.69, 9.17) is 4.74 Å². The van der Waals surface area contributed by atoms with Crippen LogP contribution in [0.2, 0.25) is 0 Å². The first-order valence-electron chi connectivity index (χ1n) is 11.1. The number of hydrogen-bond acceptors (Lipinski definition) is 4. The van der Waals surface area contributed by atoms with Crippen LogP contribution in [-0.4, -0.2) is 25.1 Å². The van der Waals surface area contributed by atoms with Crippen molar-refractivity contribution in [2.45, 2.75) is 26.6 Å². The molecule has 34 heavy (non-hydrogen) atoms. The Labute approximate surface area is 197 Å². The van der Waals surface area contributed by atoms with E-state index < -0.39 is 0 Å². The maximum atomic E-state index is 12.7. The van der Waals surface area contributed by atoms with Crippen molar-refractivity contribution in [1.82, 2.24) is 24.5 Å². The summed E-state index contributed by atoms with van der Waals surface area (Å²) in [5, 5.41) is 7.28. The zero-order chi connectivity index (χ0) is 23.3. The van der Waals surface area contributed by atoms with Crippen LogP contribution in [0.1, 0.15) is 32.7 Å². The average molecular weight is 452 g/mol. The fourth-order valence-corrected chi connectivity index (χ4v) is 3.86. The number of nitrogens with one attached hydrogen (secondary N) is 1. The van der Waals surface area contributed by atoms with Crippen molar-refractivity contribution in [2.24, 2.45) is 0 Å². The number of benzene rings is 2. The lowest BCUT2D eigenvalue weighted by Gasteiger charge is -2.11. The molecule has 170 valence electrons. The molecule has 2 aromatic carbocycles. The summed E-state index contributed by atoms with van der Waals surface area (Å²) in [6.07, 6.45) is 7.63. The highest BCUT2D eigenvalue weighted by atomic mass is 16.5. The molecule has 0 bridgehead atoms. The predicted octanol–water partition coefficient (Wildman–Crippen LogP) is 4.40. The van der Waals surface area contributed by atoms with Gasteiger partial charge in [-0.2, -0.15) is 5.10 Å². The van der Waals surface area contributed by atoms with Crippen LogP contribution >= 0.6 is 0 Å². The Kier molecular flexibility index (Phi) is 6.07. The molecule has 0 aliphatic heterocycles. The van der Waals surface area contributed by atoms with Crippen molar-refractivity contribution in [1.29, 1.82) is 0 Å². The van der Waals surface area contributed by atoms with E-state index in [1.807, 2.05) is 83.1 Å². The van der Waals surface area contributed by atoms with Crippen LogP contribution in [0.25, 0.3) is 5.65 Å². The number of carbonyl (C=O) groups is 1. The quantitative estimate of drug-likeness (QED) is 0.380. The largest absolute Gasteiger partial charge is 0.487 e. The molecule has 5 aromatic rings. The number of amides is 1. The first kappa shape index (κ1) is 21.5. The van der Waals surface area contributed by atoms with Crippen LogP contribution < -0.4 is 10.1 Å². The van der Waals surface area contributed by atoms with E-state index in [2.05, 4.69) is 21.5 Å². The zero-order valence-corrected chi connectivity index (χ0v) is 18.9. The monoisotopic (exact) mass is 451 g/mol. The Morgan fingerprint density at radius 3 is 2.56 bits per heavy atom. The number of nitrogens with zero attached hydrogens (tertiary/aromatic N) is 4. The number of imidazole rings is 1.